The predicted molar refractivity (Wildman–Crippen MR) is 114 cm³/mol. The summed E-state index contributed by atoms with van der Waals surface area (Å²) < 4.78 is 16.5. The maximum Gasteiger partial charge on any atom is 0.261 e. The maximum absolute atomic E-state index is 12.6. The SMILES string of the molecule is CCCOc1cccc(NC(=S)NC(=O)c2ccccc2OCCOCC)c1. The predicted octanol–water partition coefficient (Wildman–Crippen LogP) is 4.02. The van der Waals surface area contributed by atoms with Gasteiger partial charge in [-0.3, -0.25) is 10.1 Å². The second-order valence-electron chi connectivity index (χ2n) is 5.83. The zero-order valence-corrected chi connectivity index (χ0v) is 17.0. The lowest BCUT2D eigenvalue weighted by molar-refractivity contribution is 0.0958. The Balaban J connectivity index is 1.94. The van der Waals surface area contributed by atoms with Crippen LogP contribution in [0.3, 0.4) is 0 Å². The largest absolute Gasteiger partial charge is 0.494 e. The summed E-state index contributed by atoms with van der Waals surface area (Å²) in [7, 11) is 0. The van der Waals surface area contributed by atoms with Gasteiger partial charge in [0.1, 0.15) is 18.1 Å². The van der Waals surface area contributed by atoms with Gasteiger partial charge in [-0.15, -0.1) is 0 Å². The van der Waals surface area contributed by atoms with Crippen molar-refractivity contribution < 1.29 is 19.0 Å². The Hall–Kier alpha value is -2.64. The van der Waals surface area contributed by atoms with Crippen LogP contribution in [0, 0.1) is 0 Å². The summed E-state index contributed by atoms with van der Waals surface area (Å²) in [6, 6.07) is 14.4. The fraction of sp³-hybridized carbons (Fsp3) is 0.333. The summed E-state index contributed by atoms with van der Waals surface area (Å²) in [5.74, 6) is 0.884. The molecule has 0 unspecified atom stereocenters. The molecule has 1 amide bonds. The van der Waals surface area contributed by atoms with Gasteiger partial charge in [-0.1, -0.05) is 25.1 Å². The van der Waals surface area contributed by atoms with E-state index in [-0.39, 0.29) is 11.0 Å². The van der Waals surface area contributed by atoms with Crippen molar-refractivity contribution in [2.75, 3.05) is 31.7 Å². The highest BCUT2D eigenvalue weighted by Crippen LogP contribution is 2.19. The van der Waals surface area contributed by atoms with E-state index in [4.69, 9.17) is 26.4 Å². The molecule has 28 heavy (non-hydrogen) atoms. The second kappa shape index (κ2) is 11.9. The highest BCUT2D eigenvalue weighted by molar-refractivity contribution is 7.80. The van der Waals surface area contributed by atoms with Crippen LogP contribution in [0.1, 0.15) is 30.6 Å². The zero-order valence-electron chi connectivity index (χ0n) is 16.2. The number of amides is 1. The van der Waals surface area contributed by atoms with Crippen LogP contribution in [-0.4, -0.2) is 37.4 Å². The van der Waals surface area contributed by atoms with Crippen LogP contribution in [-0.2, 0) is 4.74 Å². The van der Waals surface area contributed by atoms with Crippen LogP contribution in [0.5, 0.6) is 11.5 Å². The number of anilines is 1. The first kappa shape index (κ1) is 21.7. The molecule has 2 aromatic carbocycles. The smallest absolute Gasteiger partial charge is 0.261 e. The molecule has 6 nitrogen and oxygen atoms in total. The normalized spacial score (nSPS) is 10.2. The lowest BCUT2D eigenvalue weighted by Crippen LogP contribution is -2.34. The topological polar surface area (TPSA) is 68.8 Å². The van der Waals surface area contributed by atoms with E-state index in [9.17, 15) is 4.79 Å². The Bertz CT molecular complexity index is 783. The Morgan fingerprint density at radius 2 is 1.82 bits per heavy atom. The van der Waals surface area contributed by atoms with Crippen LogP contribution in [0.2, 0.25) is 0 Å². The summed E-state index contributed by atoms with van der Waals surface area (Å²) in [4.78, 5) is 12.6. The average molecular weight is 403 g/mol. The van der Waals surface area contributed by atoms with Crippen molar-refractivity contribution in [3.63, 3.8) is 0 Å². The number of nitrogens with one attached hydrogen (secondary N) is 2. The standard InChI is InChI=1S/C21H26N2O4S/c1-3-12-26-17-9-7-8-16(15-17)22-21(28)23-20(24)18-10-5-6-11-19(18)27-14-13-25-4-2/h5-11,15H,3-4,12-14H2,1-2H3,(H2,22,23,24,28). The van der Waals surface area contributed by atoms with Crippen molar-refractivity contribution in [1.29, 1.82) is 0 Å². The second-order valence-corrected chi connectivity index (χ2v) is 6.23. The average Bonchev–Trinajstić information content (AvgIpc) is 2.70. The Morgan fingerprint density at radius 1 is 1.00 bits per heavy atom. The van der Waals surface area contributed by atoms with Crippen molar-refractivity contribution >= 4 is 28.9 Å². The van der Waals surface area contributed by atoms with Crippen LogP contribution >= 0.6 is 12.2 Å². The summed E-state index contributed by atoms with van der Waals surface area (Å²) in [5, 5.41) is 5.87. The minimum absolute atomic E-state index is 0.196. The van der Waals surface area contributed by atoms with E-state index in [2.05, 4.69) is 10.6 Å². The van der Waals surface area contributed by atoms with Gasteiger partial charge in [0.2, 0.25) is 0 Å². The minimum Gasteiger partial charge on any atom is -0.494 e. The monoisotopic (exact) mass is 402 g/mol. The molecule has 0 bridgehead atoms. The first-order chi connectivity index (χ1) is 13.6. The molecular weight excluding hydrogens is 376 g/mol. The van der Waals surface area contributed by atoms with Crippen LogP contribution in [0.15, 0.2) is 48.5 Å². The number of benzene rings is 2. The third-order valence-corrected chi connectivity index (χ3v) is 3.82. The van der Waals surface area contributed by atoms with E-state index in [1.807, 2.05) is 44.2 Å². The van der Waals surface area contributed by atoms with E-state index in [1.165, 1.54) is 0 Å². The third-order valence-electron chi connectivity index (χ3n) is 3.61. The van der Waals surface area contributed by atoms with E-state index in [0.717, 1.165) is 17.9 Å². The summed E-state index contributed by atoms with van der Waals surface area (Å²) in [6.07, 6.45) is 0.929. The highest BCUT2D eigenvalue weighted by atomic mass is 32.1. The van der Waals surface area contributed by atoms with Crippen LogP contribution in [0.4, 0.5) is 5.69 Å². The summed E-state index contributed by atoms with van der Waals surface area (Å²) >= 11 is 5.26. The molecule has 0 fully saturated rings. The molecule has 0 aliphatic heterocycles. The molecule has 2 N–H and O–H groups in total. The molecule has 0 aliphatic rings. The lowest BCUT2D eigenvalue weighted by atomic mass is 10.2. The number of rotatable bonds is 10. The third kappa shape index (κ3) is 7.17. The minimum atomic E-state index is -0.345. The molecule has 2 aromatic rings. The van der Waals surface area contributed by atoms with Crippen LogP contribution < -0.4 is 20.1 Å². The molecule has 0 saturated heterocycles. The fourth-order valence-corrected chi connectivity index (χ4v) is 2.56. The molecule has 0 heterocycles. The van der Waals surface area contributed by atoms with Gasteiger partial charge in [0.25, 0.3) is 5.91 Å². The van der Waals surface area contributed by atoms with Gasteiger partial charge in [-0.25, -0.2) is 0 Å². The zero-order chi connectivity index (χ0) is 20.2. The van der Waals surface area contributed by atoms with Crippen LogP contribution in [0.25, 0.3) is 0 Å². The van der Waals surface area contributed by atoms with E-state index in [0.29, 0.717) is 37.7 Å². The van der Waals surface area contributed by atoms with Gasteiger partial charge in [0.05, 0.1) is 18.8 Å². The summed E-state index contributed by atoms with van der Waals surface area (Å²) in [5.41, 5.74) is 1.14. The molecule has 0 spiro atoms. The van der Waals surface area contributed by atoms with Gasteiger partial charge < -0.3 is 19.5 Å². The summed E-state index contributed by atoms with van der Waals surface area (Å²) in [6.45, 7) is 6.06. The van der Waals surface area contributed by atoms with Gasteiger partial charge in [0.15, 0.2) is 5.11 Å². The lowest BCUT2D eigenvalue weighted by Gasteiger charge is -2.13. The highest BCUT2D eigenvalue weighted by Gasteiger charge is 2.13. The molecular formula is C21H26N2O4S. The molecule has 0 saturated carbocycles. The van der Waals surface area contributed by atoms with E-state index < -0.39 is 0 Å². The fourth-order valence-electron chi connectivity index (χ4n) is 2.35. The molecule has 0 radical (unpaired) electrons. The molecule has 0 aromatic heterocycles. The number of para-hydroxylation sites is 1. The Kier molecular flexibility index (Phi) is 9.24. The van der Waals surface area contributed by atoms with Gasteiger partial charge >= 0.3 is 0 Å². The number of carbonyl (C=O) groups excluding carboxylic acids is 1. The number of hydrogen-bond acceptors (Lipinski definition) is 5. The molecule has 0 aliphatic carbocycles. The first-order valence-corrected chi connectivity index (χ1v) is 9.69. The van der Waals surface area contributed by atoms with Crippen molar-refractivity contribution in [2.24, 2.45) is 0 Å². The van der Waals surface area contributed by atoms with Crippen molar-refractivity contribution in [3.8, 4) is 11.5 Å². The number of ether oxygens (including phenoxy) is 3. The van der Waals surface area contributed by atoms with Gasteiger partial charge in [-0.05, 0) is 49.8 Å². The van der Waals surface area contributed by atoms with Crippen molar-refractivity contribution in [2.45, 2.75) is 20.3 Å². The number of thiocarbonyl (C=S) groups is 1. The Morgan fingerprint density at radius 3 is 2.61 bits per heavy atom. The maximum atomic E-state index is 12.6. The van der Waals surface area contributed by atoms with Crippen molar-refractivity contribution in [1.82, 2.24) is 5.32 Å². The van der Waals surface area contributed by atoms with E-state index in [1.54, 1.807) is 18.2 Å². The number of carbonyl (C=O) groups is 1. The molecule has 7 heteroatoms. The Labute approximate surface area is 171 Å². The first-order valence-electron chi connectivity index (χ1n) is 9.28. The van der Waals surface area contributed by atoms with Gasteiger partial charge in [0, 0.05) is 18.4 Å². The molecule has 0 atom stereocenters. The number of hydrogen-bond donors (Lipinski definition) is 2. The quantitative estimate of drug-likeness (QED) is 0.462. The van der Waals surface area contributed by atoms with Gasteiger partial charge in [-0.2, -0.15) is 0 Å². The van der Waals surface area contributed by atoms with Crippen molar-refractivity contribution in [3.05, 3.63) is 54.1 Å². The van der Waals surface area contributed by atoms with E-state index >= 15 is 0 Å². The molecule has 2 rings (SSSR count). The molecule has 150 valence electrons.